The standard InChI is InChI=1S/C23H22BrN5O/c1-28-20-13-16(29-11-3-2-4-12-29)5-6-17(20)21(24)22(28)18-14-19(26-27-23(18)30)15-7-9-25-10-8-15/h5-10,13-14H,2-4,11-12H2,1H3,(H,27,30). The molecule has 4 aromatic rings. The lowest BCUT2D eigenvalue weighted by atomic mass is 10.1. The Morgan fingerprint density at radius 3 is 2.57 bits per heavy atom. The van der Waals surface area contributed by atoms with Crippen molar-refractivity contribution in [3.8, 4) is 22.5 Å². The summed E-state index contributed by atoms with van der Waals surface area (Å²) in [4.78, 5) is 19.2. The van der Waals surface area contributed by atoms with Crippen molar-refractivity contribution in [2.45, 2.75) is 19.3 Å². The number of aromatic nitrogens is 4. The molecular weight excluding hydrogens is 442 g/mol. The van der Waals surface area contributed by atoms with Crippen molar-refractivity contribution in [2.24, 2.45) is 7.05 Å². The van der Waals surface area contributed by atoms with Gasteiger partial charge in [-0.05, 0) is 71.6 Å². The SMILES string of the molecule is Cn1c(-c2cc(-c3ccncc3)n[nH]c2=O)c(Br)c2ccc(N3CCCCC3)cc21. The largest absolute Gasteiger partial charge is 0.371 e. The second-order valence-corrected chi connectivity index (χ2v) is 8.50. The maximum Gasteiger partial charge on any atom is 0.273 e. The average Bonchev–Trinajstić information content (AvgIpc) is 3.05. The van der Waals surface area contributed by atoms with Crippen molar-refractivity contribution >= 4 is 32.5 Å². The fraction of sp³-hybridized carbons (Fsp3) is 0.261. The smallest absolute Gasteiger partial charge is 0.273 e. The number of hydrogen-bond acceptors (Lipinski definition) is 4. The number of pyridine rings is 1. The van der Waals surface area contributed by atoms with Crippen molar-refractivity contribution < 1.29 is 0 Å². The van der Waals surface area contributed by atoms with Gasteiger partial charge in [0, 0.05) is 49.2 Å². The van der Waals surface area contributed by atoms with Gasteiger partial charge in [-0.1, -0.05) is 0 Å². The van der Waals surface area contributed by atoms with Crippen LogP contribution < -0.4 is 10.5 Å². The molecule has 5 rings (SSSR count). The van der Waals surface area contributed by atoms with Gasteiger partial charge in [0.05, 0.1) is 26.9 Å². The average molecular weight is 464 g/mol. The molecule has 0 unspecified atom stereocenters. The van der Waals surface area contributed by atoms with Crippen molar-refractivity contribution in [1.82, 2.24) is 19.7 Å². The summed E-state index contributed by atoms with van der Waals surface area (Å²) in [6.45, 7) is 2.20. The van der Waals surface area contributed by atoms with Gasteiger partial charge in [-0.25, -0.2) is 5.10 Å². The lowest BCUT2D eigenvalue weighted by Gasteiger charge is -2.28. The van der Waals surface area contributed by atoms with Crippen LogP contribution in [0.1, 0.15) is 19.3 Å². The Hall–Kier alpha value is -2.93. The first-order valence-electron chi connectivity index (χ1n) is 10.2. The van der Waals surface area contributed by atoms with Crippen LogP contribution in [-0.2, 0) is 7.05 Å². The zero-order chi connectivity index (χ0) is 20.7. The predicted molar refractivity (Wildman–Crippen MR) is 124 cm³/mol. The summed E-state index contributed by atoms with van der Waals surface area (Å²) in [5, 5.41) is 7.98. The van der Waals surface area contributed by atoms with Gasteiger partial charge in [0.1, 0.15) is 0 Å². The maximum atomic E-state index is 12.7. The first kappa shape index (κ1) is 19.1. The van der Waals surface area contributed by atoms with Crippen LogP contribution in [0.4, 0.5) is 5.69 Å². The summed E-state index contributed by atoms with van der Waals surface area (Å²) in [5.74, 6) is 0. The summed E-state index contributed by atoms with van der Waals surface area (Å²) in [6, 6.07) is 12.2. The second-order valence-electron chi connectivity index (χ2n) is 7.70. The maximum absolute atomic E-state index is 12.7. The van der Waals surface area contributed by atoms with E-state index < -0.39 is 0 Å². The van der Waals surface area contributed by atoms with Crippen LogP contribution in [0, 0.1) is 0 Å². The second kappa shape index (κ2) is 7.72. The zero-order valence-electron chi connectivity index (χ0n) is 16.7. The highest BCUT2D eigenvalue weighted by Gasteiger charge is 2.20. The van der Waals surface area contributed by atoms with Crippen LogP contribution in [-0.4, -0.2) is 32.8 Å². The van der Waals surface area contributed by atoms with E-state index in [1.165, 1.54) is 24.9 Å². The fourth-order valence-electron chi connectivity index (χ4n) is 4.28. The fourth-order valence-corrected chi connectivity index (χ4v) is 5.09. The molecule has 1 saturated heterocycles. The van der Waals surface area contributed by atoms with Gasteiger partial charge < -0.3 is 9.47 Å². The van der Waals surface area contributed by atoms with E-state index in [4.69, 9.17) is 0 Å². The van der Waals surface area contributed by atoms with Crippen molar-refractivity contribution in [3.63, 3.8) is 0 Å². The molecule has 1 aliphatic heterocycles. The monoisotopic (exact) mass is 463 g/mol. The minimum Gasteiger partial charge on any atom is -0.371 e. The minimum absolute atomic E-state index is 0.212. The molecule has 0 saturated carbocycles. The molecule has 3 aromatic heterocycles. The van der Waals surface area contributed by atoms with Gasteiger partial charge >= 0.3 is 0 Å². The Labute approximate surface area is 182 Å². The van der Waals surface area contributed by atoms with Crippen LogP contribution in [0.2, 0.25) is 0 Å². The molecule has 6 nitrogen and oxygen atoms in total. The van der Waals surface area contributed by atoms with E-state index >= 15 is 0 Å². The number of piperidine rings is 1. The van der Waals surface area contributed by atoms with E-state index in [0.29, 0.717) is 11.3 Å². The van der Waals surface area contributed by atoms with Crippen LogP contribution in [0.25, 0.3) is 33.4 Å². The number of hydrogen-bond donors (Lipinski definition) is 1. The summed E-state index contributed by atoms with van der Waals surface area (Å²) in [6.07, 6.45) is 7.23. The lowest BCUT2D eigenvalue weighted by Crippen LogP contribution is -2.29. The van der Waals surface area contributed by atoms with E-state index in [2.05, 4.69) is 58.8 Å². The third kappa shape index (κ3) is 3.23. The number of anilines is 1. The van der Waals surface area contributed by atoms with E-state index in [1.54, 1.807) is 12.4 Å². The quantitative estimate of drug-likeness (QED) is 0.476. The van der Waals surface area contributed by atoms with Crippen molar-refractivity contribution in [1.29, 1.82) is 0 Å². The number of benzene rings is 1. The van der Waals surface area contributed by atoms with Gasteiger partial charge in [-0.3, -0.25) is 9.78 Å². The summed E-state index contributed by atoms with van der Waals surface area (Å²) in [7, 11) is 2.01. The van der Waals surface area contributed by atoms with E-state index in [1.807, 2.05) is 25.2 Å². The molecule has 0 aliphatic carbocycles. The molecule has 0 atom stereocenters. The Morgan fingerprint density at radius 2 is 1.80 bits per heavy atom. The number of aromatic amines is 1. The minimum atomic E-state index is -0.212. The van der Waals surface area contributed by atoms with Gasteiger partial charge in [0.25, 0.3) is 5.56 Å². The Morgan fingerprint density at radius 1 is 1.03 bits per heavy atom. The van der Waals surface area contributed by atoms with Gasteiger partial charge in [0.15, 0.2) is 0 Å². The van der Waals surface area contributed by atoms with E-state index in [-0.39, 0.29) is 5.56 Å². The summed E-state index contributed by atoms with van der Waals surface area (Å²) >= 11 is 3.76. The van der Waals surface area contributed by atoms with E-state index in [0.717, 1.165) is 39.7 Å². The number of halogens is 1. The third-order valence-electron chi connectivity index (χ3n) is 5.88. The Kier molecular flexibility index (Phi) is 4.90. The molecule has 1 aliphatic rings. The number of H-pyrrole nitrogens is 1. The molecule has 0 amide bonds. The third-order valence-corrected chi connectivity index (χ3v) is 6.68. The first-order chi connectivity index (χ1) is 14.6. The summed E-state index contributed by atoms with van der Waals surface area (Å²) in [5.41, 5.74) is 5.17. The Balaban J connectivity index is 1.65. The van der Waals surface area contributed by atoms with E-state index in [9.17, 15) is 4.79 Å². The van der Waals surface area contributed by atoms with Gasteiger partial charge in [-0.15, -0.1) is 0 Å². The zero-order valence-corrected chi connectivity index (χ0v) is 18.3. The number of nitrogens with zero attached hydrogens (tertiary/aromatic N) is 4. The van der Waals surface area contributed by atoms with Crippen LogP contribution in [0.3, 0.4) is 0 Å². The van der Waals surface area contributed by atoms with Gasteiger partial charge in [-0.2, -0.15) is 5.10 Å². The molecule has 30 heavy (non-hydrogen) atoms. The number of rotatable bonds is 3. The highest BCUT2D eigenvalue weighted by molar-refractivity contribution is 9.10. The van der Waals surface area contributed by atoms with Gasteiger partial charge in [0.2, 0.25) is 0 Å². The Bertz CT molecular complexity index is 1270. The molecule has 7 heteroatoms. The van der Waals surface area contributed by atoms with Crippen LogP contribution in [0.5, 0.6) is 0 Å². The van der Waals surface area contributed by atoms with Crippen LogP contribution >= 0.6 is 15.9 Å². The first-order valence-corrected chi connectivity index (χ1v) is 11.0. The lowest BCUT2D eigenvalue weighted by molar-refractivity contribution is 0.578. The molecule has 1 N–H and O–H groups in total. The predicted octanol–water partition coefficient (Wildman–Crippen LogP) is 4.74. The highest BCUT2D eigenvalue weighted by Crippen LogP contribution is 2.38. The number of fused-ring (bicyclic) bond motifs is 1. The molecule has 1 aromatic carbocycles. The normalized spacial score (nSPS) is 14.4. The van der Waals surface area contributed by atoms with Crippen molar-refractivity contribution in [3.05, 3.63) is 63.6 Å². The molecular formula is C23H22BrN5O. The molecule has 0 spiro atoms. The summed E-state index contributed by atoms with van der Waals surface area (Å²) < 4.78 is 3.01. The number of aryl methyl sites for hydroxylation is 1. The topological polar surface area (TPSA) is 66.8 Å². The molecule has 0 bridgehead atoms. The van der Waals surface area contributed by atoms with Crippen LogP contribution in [0.15, 0.2) is 58.1 Å². The molecule has 1 fully saturated rings. The number of nitrogens with one attached hydrogen (secondary N) is 1. The van der Waals surface area contributed by atoms with Crippen molar-refractivity contribution in [2.75, 3.05) is 18.0 Å². The molecule has 152 valence electrons. The molecule has 0 radical (unpaired) electrons. The molecule has 4 heterocycles. The highest BCUT2D eigenvalue weighted by atomic mass is 79.9.